The Balaban J connectivity index is 1.64. The summed E-state index contributed by atoms with van der Waals surface area (Å²) in [5.41, 5.74) is -1.04. The van der Waals surface area contributed by atoms with E-state index in [1.54, 1.807) is 12.1 Å². The number of alkyl halides is 3. The van der Waals surface area contributed by atoms with Gasteiger partial charge in [0, 0.05) is 29.2 Å². The van der Waals surface area contributed by atoms with Crippen molar-refractivity contribution in [1.29, 1.82) is 0 Å². The van der Waals surface area contributed by atoms with Crippen LogP contribution >= 0.6 is 27.5 Å². The molecule has 0 atom stereocenters. The lowest BCUT2D eigenvalue weighted by atomic mass is 9.97. The van der Waals surface area contributed by atoms with E-state index in [1.807, 2.05) is 0 Å². The minimum Gasteiger partial charge on any atom is -0.326 e. The van der Waals surface area contributed by atoms with E-state index in [9.17, 15) is 26.4 Å². The van der Waals surface area contributed by atoms with Gasteiger partial charge in [-0.1, -0.05) is 27.5 Å². The Kier molecular flexibility index (Phi) is 6.81. The van der Waals surface area contributed by atoms with Crippen LogP contribution in [0.4, 0.5) is 18.9 Å². The lowest BCUT2D eigenvalue weighted by molar-refractivity contribution is -0.137. The van der Waals surface area contributed by atoms with E-state index in [0.29, 0.717) is 0 Å². The number of rotatable bonds is 4. The van der Waals surface area contributed by atoms with Gasteiger partial charge in [-0.15, -0.1) is 0 Å². The van der Waals surface area contributed by atoms with Gasteiger partial charge in [0.25, 0.3) is 0 Å². The Bertz CT molecular complexity index is 1040. The molecule has 5 nitrogen and oxygen atoms in total. The molecule has 1 N–H and O–H groups in total. The molecule has 0 spiro atoms. The van der Waals surface area contributed by atoms with Gasteiger partial charge < -0.3 is 5.32 Å². The molecule has 2 aromatic carbocycles. The lowest BCUT2D eigenvalue weighted by Gasteiger charge is -2.30. The topological polar surface area (TPSA) is 66.5 Å². The smallest absolute Gasteiger partial charge is 0.326 e. The summed E-state index contributed by atoms with van der Waals surface area (Å²) in [4.78, 5) is 12.6. The molecule has 11 heteroatoms. The van der Waals surface area contributed by atoms with Gasteiger partial charge in [0.2, 0.25) is 15.9 Å². The number of hydrogen-bond donors (Lipinski definition) is 1. The van der Waals surface area contributed by atoms with Crippen molar-refractivity contribution < 1.29 is 26.4 Å². The molecule has 1 fully saturated rings. The maximum Gasteiger partial charge on any atom is 0.417 e. The quantitative estimate of drug-likeness (QED) is 0.600. The van der Waals surface area contributed by atoms with Crippen LogP contribution in [0, 0.1) is 5.92 Å². The van der Waals surface area contributed by atoms with Crippen LogP contribution in [0.15, 0.2) is 51.8 Å². The summed E-state index contributed by atoms with van der Waals surface area (Å²) < 4.78 is 66.4. The Morgan fingerprint density at radius 1 is 1.10 bits per heavy atom. The van der Waals surface area contributed by atoms with Crippen LogP contribution in [0.3, 0.4) is 0 Å². The number of halogens is 5. The number of anilines is 1. The summed E-state index contributed by atoms with van der Waals surface area (Å²) in [6, 6.07) is 9.42. The van der Waals surface area contributed by atoms with Gasteiger partial charge in [-0.05, 0) is 55.3 Å². The molecule has 1 aliphatic heterocycles. The van der Waals surface area contributed by atoms with Crippen molar-refractivity contribution in [2.24, 2.45) is 5.92 Å². The highest BCUT2D eigenvalue weighted by molar-refractivity contribution is 9.10. The molecule has 3 rings (SSSR count). The molecule has 1 amide bonds. The number of nitrogens with one attached hydrogen (secondary N) is 1. The Morgan fingerprint density at radius 2 is 1.70 bits per heavy atom. The average Bonchev–Trinajstić information content (AvgIpc) is 2.69. The molecule has 1 heterocycles. The molecule has 0 radical (unpaired) electrons. The monoisotopic (exact) mass is 524 g/mol. The first kappa shape index (κ1) is 23.1. The standard InChI is InChI=1S/C19H17BrClF3N2O3S/c20-13-1-4-15(5-2-13)30(28,29)26-9-7-12(8-10-26)18(27)25-14-3-6-17(21)16(11-14)19(22,23)24/h1-6,11-12H,7-10H2,(H,25,27). The molecule has 0 saturated carbocycles. The summed E-state index contributed by atoms with van der Waals surface area (Å²) in [5.74, 6) is -0.961. The second kappa shape index (κ2) is 8.86. The molecule has 1 saturated heterocycles. The molecule has 0 unspecified atom stereocenters. The summed E-state index contributed by atoms with van der Waals surface area (Å²) >= 11 is 8.84. The number of carbonyl (C=O) groups excluding carboxylic acids is 1. The highest BCUT2D eigenvalue weighted by Gasteiger charge is 2.34. The maximum absolute atomic E-state index is 13.0. The molecular weight excluding hydrogens is 509 g/mol. The minimum atomic E-state index is -4.63. The highest BCUT2D eigenvalue weighted by Crippen LogP contribution is 2.36. The number of nitrogens with zero attached hydrogens (tertiary/aromatic N) is 1. The van der Waals surface area contributed by atoms with E-state index < -0.39 is 38.6 Å². The molecule has 2 aromatic rings. The van der Waals surface area contributed by atoms with Gasteiger partial charge in [-0.3, -0.25) is 4.79 Å². The normalized spacial score (nSPS) is 16.4. The predicted octanol–water partition coefficient (Wildman–Crippen LogP) is 5.16. The molecule has 0 aromatic heterocycles. The predicted molar refractivity (Wildman–Crippen MR) is 111 cm³/mol. The zero-order chi connectivity index (χ0) is 22.1. The number of hydrogen-bond acceptors (Lipinski definition) is 3. The van der Waals surface area contributed by atoms with E-state index in [4.69, 9.17) is 11.6 Å². The Labute approximate surface area is 185 Å². The highest BCUT2D eigenvalue weighted by atomic mass is 79.9. The molecule has 0 bridgehead atoms. The van der Waals surface area contributed by atoms with Crippen LogP contribution in [0.5, 0.6) is 0 Å². The van der Waals surface area contributed by atoms with Gasteiger partial charge in [0.1, 0.15) is 0 Å². The van der Waals surface area contributed by atoms with Crippen molar-refractivity contribution in [2.45, 2.75) is 23.9 Å². The summed E-state index contributed by atoms with van der Waals surface area (Å²) in [7, 11) is -3.67. The molecule has 162 valence electrons. The van der Waals surface area contributed by atoms with Gasteiger partial charge >= 0.3 is 6.18 Å². The van der Waals surface area contributed by atoms with Crippen molar-refractivity contribution in [3.63, 3.8) is 0 Å². The summed E-state index contributed by atoms with van der Waals surface area (Å²) in [6.45, 7) is 0.288. The third-order valence-electron chi connectivity index (χ3n) is 4.82. The van der Waals surface area contributed by atoms with Crippen LogP contribution in [0.25, 0.3) is 0 Å². The van der Waals surface area contributed by atoms with E-state index >= 15 is 0 Å². The van der Waals surface area contributed by atoms with E-state index in [-0.39, 0.29) is 36.5 Å². The first-order chi connectivity index (χ1) is 14.0. The molecule has 30 heavy (non-hydrogen) atoms. The lowest BCUT2D eigenvalue weighted by Crippen LogP contribution is -2.41. The Morgan fingerprint density at radius 3 is 2.27 bits per heavy atom. The van der Waals surface area contributed by atoms with Crippen LogP contribution in [-0.4, -0.2) is 31.7 Å². The van der Waals surface area contributed by atoms with Crippen molar-refractivity contribution in [3.8, 4) is 0 Å². The van der Waals surface area contributed by atoms with Crippen molar-refractivity contribution in [2.75, 3.05) is 18.4 Å². The fourth-order valence-electron chi connectivity index (χ4n) is 3.18. The average molecular weight is 526 g/mol. The largest absolute Gasteiger partial charge is 0.417 e. The number of piperidine rings is 1. The SMILES string of the molecule is O=C(Nc1ccc(Cl)c(C(F)(F)F)c1)C1CCN(S(=O)(=O)c2ccc(Br)cc2)CC1. The van der Waals surface area contributed by atoms with Gasteiger partial charge in [-0.2, -0.15) is 17.5 Å². The molecule has 1 aliphatic rings. The Hall–Kier alpha value is -1.62. The number of benzene rings is 2. The second-order valence-electron chi connectivity index (χ2n) is 6.81. The van der Waals surface area contributed by atoms with Crippen LogP contribution in [0.1, 0.15) is 18.4 Å². The summed E-state index contributed by atoms with van der Waals surface area (Å²) in [6.07, 6.45) is -4.10. The molecular formula is C19H17BrClF3N2O3S. The van der Waals surface area contributed by atoms with Crippen LogP contribution in [-0.2, 0) is 21.0 Å². The third-order valence-corrected chi connectivity index (χ3v) is 7.59. The summed E-state index contributed by atoms with van der Waals surface area (Å²) in [5, 5.41) is 2.02. The van der Waals surface area contributed by atoms with Crippen LogP contribution in [0.2, 0.25) is 5.02 Å². The third kappa shape index (κ3) is 5.16. The number of sulfonamides is 1. The van der Waals surface area contributed by atoms with Crippen LogP contribution < -0.4 is 5.32 Å². The second-order valence-corrected chi connectivity index (χ2v) is 10.1. The number of carbonyl (C=O) groups is 1. The first-order valence-electron chi connectivity index (χ1n) is 8.92. The zero-order valence-corrected chi connectivity index (χ0v) is 18.6. The van der Waals surface area contributed by atoms with Gasteiger partial charge in [-0.25, -0.2) is 8.42 Å². The molecule has 0 aliphatic carbocycles. The van der Waals surface area contributed by atoms with Crippen molar-refractivity contribution in [1.82, 2.24) is 4.31 Å². The van der Waals surface area contributed by atoms with E-state index in [0.717, 1.165) is 16.6 Å². The van der Waals surface area contributed by atoms with E-state index in [1.165, 1.54) is 22.5 Å². The fraction of sp³-hybridized carbons (Fsp3) is 0.316. The maximum atomic E-state index is 13.0. The first-order valence-corrected chi connectivity index (χ1v) is 11.5. The van der Waals surface area contributed by atoms with E-state index in [2.05, 4.69) is 21.2 Å². The fourth-order valence-corrected chi connectivity index (χ4v) is 5.14. The van der Waals surface area contributed by atoms with Gasteiger partial charge in [0.05, 0.1) is 15.5 Å². The van der Waals surface area contributed by atoms with Gasteiger partial charge in [0.15, 0.2) is 0 Å². The number of amides is 1. The zero-order valence-electron chi connectivity index (χ0n) is 15.4. The van der Waals surface area contributed by atoms with Crippen molar-refractivity contribution in [3.05, 3.63) is 57.5 Å². The van der Waals surface area contributed by atoms with Crippen molar-refractivity contribution >= 4 is 49.1 Å². The minimum absolute atomic E-state index is 0.0124.